The molecule has 1 fully saturated rings. The monoisotopic (exact) mass is 513 g/mol. The van der Waals surface area contributed by atoms with Crippen LogP contribution in [-0.2, 0) is 12.6 Å². The number of amides is 2. The van der Waals surface area contributed by atoms with Crippen molar-refractivity contribution in [1.82, 2.24) is 20.2 Å². The largest absolute Gasteiger partial charge is 0.417 e. The number of carbonyl (C=O) groups excluding carboxylic acids is 2. The number of anilines is 1. The molecule has 2 heterocycles. The molecule has 1 aromatic heterocycles. The van der Waals surface area contributed by atoms with Crippen LogP contribution < -0.4 is 15.0 Å². The van der Waals surface area contributed by atoms with Gasteiger partial charge in [0, 0.05) is 32.7 Å². The highest BCUT2D eigenvalue weighted by Crippen LogP contribution is 2.32. The number of piperazine rings is 1. The number of nitrogens with one attached hydrogen (secondary N) is 1. The molecule has 0 bridgehead atoms. The molecule has 0 spiro atoms. The topological polar surface area (TPSA) is 87.7 Å². The summed E-state index contributed by atoms with van der Waals surface area (Å²) in [6.07, 6.45) is -0.654. The maximum atomic E-state index is 13.3. The molecular formula is C26H26F3N5O3. The maximum absolute atomic E-state index is 13.3. The Bertz CT molecular complexity index is 1200. The summed E-state index contributed by atoms with van der Waals surface area (Å²) in [5.74, 6) is -0.651. The van der Waals surface area contributed by atoms with E-state index >= 15 is 0 Å². The molecule has 8 nitrogen and oxygen atoms in total. The Kier molecular flexibility index (Phi) is 8.22. The molecule has 0 aliphatic carbocycles. The Hall–Kier alpha value is -4.15. The first-order valence-corrected chi connectivity index (χ1v) is 11.8. The van der Waals surface area contributed by atoms with Gasteiger partial charge in [-0.2, -0.15) is 13.2 Å². The number of ether oxygens (including phenoxy) is 1. The first kappa shape index (κ1) is 25.9. The van der Waals surface area contributed by atoms with Crippen LogP contribution in [0.3, 0.4) is 0 Å². The fourth-order valence-electron chi connectivity index (χ4n) is 4.03. The van der Waals surface area contributed by atoms with Crippen molar-refractivity contribution < 1.29 is 27.5 Å². The Labute approximate surface area is 212 Å². The van der Waals surface area contributed by atoms with Crippen molar-refractivity contribution in [2.45, 2.75) is 19.0 Å². The van der Waals surface area contributed by atoms with Crippen molar-refractivity contribution in [2.75, 3.05) is 37.6 Å². The molecule has 2 amide bonds. The summed E-state index contributed by atoms with van der Waals surface area (Å²) in [6, 6.07) is 14.6. The fraction of sp³-hybridized carbons (Fsp3) is 0.308. The molecule has 0 unspecified atom stereocenters. The van der Waals surface area contributed by atoms with Gasteiger partial charge >= 0.3 is 18.3 Å². The normalized spacial score (nSPS) is 13.8. The number of alkyl halides is 3. The van der Waals surface area contributed by atoms with Crippen molar-refractivity contribution in [3.05, 3.63) is 83.7 Å². The van der Waals surface area contributed by atoms with E-state index in [0.717, 1.165) is 18.9 Å². The van der Waals surface area contributed by atoms with Gasteiger partial charge < -0.3 is 19.9 Å². The number of halogens is 3. The van der Waals surface area contributed by atoms with Crippen LogP contribution in [-0.4, -0.2) is 59.6 Å². The number of aromatic nitrogens is 2. The minimum atomic E-state index is -4.60. The number of carbonyl (C=O) groups is 2. The van der Waals surface area contributed by atoms with E-state index in [1.54, 1.807) is 0 Å². The molecule has 0 atom stereocenters. The lowest BCUT2D eigenvalue weighted by Gasteiger charge is -2.36. The molecule has 194 valence electrons. The van der Waals surface area contributed by atoms with E-state index in [9.17, 15) is 22.8 Å². The van der Waals surface area contributed by atoms with Gasteiger partial charge in [-0.3, -0.25) is 4.79 Å². The molecule has 1 N–H and O–H groups in total. The van der Waals surface area contributed by atoms with Crippen molar-refractivity contribution in [3.8, 4) is 6.01 Å². The van der Waals surface area contributed by atoms with Crippen LogP contribution in [0, 0.1) is 0 Å². The minimum absolute atomic E-state index is 0.0955. The first-order valence-electron chi connectivity index (χ1n) is 11.8. The number of hydrogen-bond acceptors (Lipinski definition) is 6. The molecule has 2 aromatic carbocycles. The lowest BCUT2D eigenvalue weighted by molar-refractivity contribution is -0.138. The lowest BCUT2D eigenvalue weighted by atomic mass is 10.1. The zero-order chi connectivity index (χ0) is 26.3. The zero-order valence-electron chi connectivity index (χ0n) is 19.9. The molecule has 1 aliphatic rings. The molecule has 0 radical (unpaired) electrons. The molecule has 37 heavy (non-hydrogen) atoms. The number of nitrogens with zero attached hydrogens (tertiary/aromatic N) is 4. The van der Waals surface area contributed by atoms with E-state index in [2.05, 4.69) is 15.3 Å². The first-order chi connectivity index (χ1) is 17.8. The standard InChI is InChI=1S/C26H26F3N5O3/c27-26(28,29)22-11-5-4-10-21(22)23(35)34-15-13-33(14-16-34)20-17-31-24(32-18-20)37-25(36)30-12-6-9-19-7-2-1-3-8-19/h1-5,7-8,10-11,17-18H,6,9,12-16H2,(H,30,36). The summed E-state index contributed by atoms with van der Waals surface area (Å²) in [7, 11) is 0. The Morgan fingerprint density at radius 2 is 1.57 bits per heavy atom. The SMILES string of the molecule is O=C(NCCCc1ccccc1)Oc1ncc(N2CCN(C(=O)c3ccccc3C(F)(F)F)CC2)cn1. The van der Waals surface area contributed by atoms with Crippen molar-refractivity contribution in [3.63, 3.8) is 0 Å². The maximum Gasteiger partial charge on any atom is 0.417 e. The third-order valence-electron chi connectivity index (χ3n) is 5.95. The van der Waals surface area contributed by atoms with Gasteiger partial charge in [-0.05, 0) is 30.5 Å². The van der Waals surface area contributed by atoms with E-state index in [-0.39, 0.29) is 24.7 Å². The predicted molar refractivity (Wildman–Crippen MR) is 130 cm³/mol. The predicted octanol–water partition coefficient (Wildman–Crippen LogP) is 4.18. The second kappa shape index (κ2) is 11.7. The van der Waals surface area contributed by atoms with Crippen LogP contribution in [0.5, 0.6) is 6.01 Å². The van der Waals surface area contributed by atoms with E-state index in [4.69, 9.17) is 4.74 Å². The third kappa shape index (κ3) is 6.96. The van der Waals surface area contributed by atoms with E-state index < -0.39 is 23.7 Å². The Balaban J connectivity index is 1.23. The second-order valence-electron chi connectivity index (χ2n) is 8.45. The second-order valence-corrected chi connectivity index (χ2v) is 8.45. The third-order valence-corrected chi connectivity index (χ3v) is 5.95. The summed E-state index contributed by atoms with van der Waals surface area (Å²) in [6.45, 7) is 1.72. The number of benzene rings is 2. The average molecular weight is 514 g/mol. The van der Waals surface area contributed by atoms with Crippen LogP contribution in [0.25, 0.3) is 0 Å². The van der Waals surface area contributed by atoms with Gasteiger partial charge in [0.15, 0.2) is 0 Å². The van der Waals surface area contributed by atoms with Crippen molar-refractivity contribution in [2.24, 2.45) is 0 Å². The van der Waals surface area contributed by atoms with Crippen LogP contribution in [0.2, 0.25) is 0 Å². The van der Waals surface area contributed by atoms with Gasteiger partial charge in [0.05, 0.1) is 29.2 Å². The highest BCUT2D eigenvalue weighted by atomic mass is 19.4. The van der Waals surface area contributed by atoms with Crippen molar-refractivity contribution in [1.29, 1.82) is 0 Å². The van der Waals surface area contributed by atoms with Gasteiger partial charge in [-0.25, -0.2) is 14.8 Å². The van der Waals surface area contributed by atoms with Gasteiger partial charge in [-0.1, -0.05) is 42.5 Å². The lowest BCUT2D eigenvalue weighted by Crippen LogP contribution is -2.49. The summed E-state index contributed by atoms with van der Waals surface area (Å²) >= 11 is 0. The Morgan fingerprint density at radius 1 is 0.919 bits per heavy atom. The minimum Gasteiger partial charge on any atom is -0.374 e. The molecule has 1 saturated heterocycles. The van der Waals surface area contributed by atoms with Crippen molar-refractivity contribution >= 4 is 17.7 Å². The van der Waals surface area contributed by atoms with Crippen LogP contribution in [0.15, 0.2) is 67.0 Å². The number of aryl methyl sites for hydroxylation is 1. The summed E-state index contributed by atoms with van der Waals surface area (Å²) in [5, 5.41) is 2.66. The highest BCUT2D eigenvalue weighted by molar-refractivity contribution is 5.96. The van der Waals surface area contributed by atoms with Gasteiger partial charge in [-0.15, -0.1) is 0 Å². The van der Waals surface area contributed by atoms with E-state index in [1.807, 2.05) is 35.2 Å². The molecular weight excluding hydrogens is 487 g/mol. The van der Waals surface area contributed by atoms with Gasteiger partial charge in [0.1, 0.15) is 0 Å². The summed E-state index contributed by atoms with van der Waals surface area (Å²) < 4.78 is 45.0. The molecule has 4 rings (SSSR count). The van der Waals surface area contributed by atoms with E-state index in [0.29, 0.717) is 25.3 Å². The molecule has 0 saturated carbocycles. The summed E-state index contributed by atoms with van der Waals surface area (Å²) in [4.78, 5) is 36.2. The molecule has 3 aromatic rings. The number of hydrogen-bond donors (Lipinski definition) is 1. The summed E-state index contributed by atoms with van der Waals surface area (Å²) in [5.41, 5.74) is 0.546. The Morgan fingerprint density at radius 3 is 2.24 bits per heavy atom. The van der Waals surface area contributed by atoms with Gasteiger partial charge in [0.2, 0.25) is 0 Å². The molecule has 11 heteroatoms. The van der Waals surface area contributed by atoms with Gasteiger partial charge in [0.25, 0.3) is 5.91 Å². The highest BCUT2D eigenvalue weighted by Gasteiger charge is 2.36. The fourth-order valence-corrected chi connectivity index (χ4v) is 4.03. The zero-order valence-corrected chi connectivity index (χ0v) is 19.9. The van der Waals surface area contributed by atoms with Crippen LogP contribution >= 0.6 is 0 Å². The number of rotatable bonds is 7. The quantitative estimate of drug-likeness (QED) is 0.477. The smallest absolute Gasteiger partial charge is 0.374 e. The van der Waals surface area contributed by atoms with Crippen LogP contribution in [0.1, 0.15) is 27.9 Å². The molecule has 1 aliphatic heterocycles. The van der Waals surface area contributed by atoms with E-state index in [1.165, 1.54) is 41.1 Å². The average Bonchev–Trinajstić information content (AvgIpc) is 2.91. The van der Waals surface area contributed by atoms with Crippen LogP contribution in [0.4, 0.5) is 23.7 Å².